The van der Waals surface area contributed by atoms with Crippen molar-refractivity contribution in [3.8, 4) is 0 Å². The van der Waals surface area contributed by atoms with Crippen molar-refractivity contribution in [1.29, 1.82) is 0 Å². The first-order valence-corrected chi connectivity index (χ1v) is 4.70. The van der Waals surface area contributed by atoms with Gasteiger partial charge in [0.25, 0.3) is 0 Å². The largest absolute Gasteiger partial charge is 0.390 e. The van der Waals surface area contributed by atoms with Gasteiger partial charge in [-0.05, 0) is 24.3 Å². The Morgan fingerprint density at radius 2 is 1.69 bits per heavy atom. The molecule has 0 heterocycles. The molecule has 1 aliphatic carbocycles. The van der Waals surface area contributed by atoms with E-state index in [0.29, 0.717) is 5.92 Å². The molecule has 1 saturated carbocycles. The van der Waals surface area contributed by atoms with Crippen LogP contribution in [0.25, 0.3) is 0 Å². The van der Waals surface area contributed by atoms with Gasteiger partial charge in [-0.3, -0.25) is 0 Å². The topological polar surface area (TPSA) is 40.5 Å². The highest BCUT2D eigenvalue weighted by Gasteiger charge is 2.34. The molecular formula is C11H14O2. The fourth-order valence-electron chi connectivity index (χ4n) is 1.54. The van der Waals surface area contributed by atoms with Gasteiger partial charge >= 0.3 is 0 Å². The summed E-state index contributed by atoms with van der Waals surface area (Å²) in [6.45, 7) is 0. The van der Waals surface area contributed by atoms with Crippen LogP contribution in [0.3, 0.4) is 0 Å². The second-order valence-electron chi connectivity index (χ2n) is 3.68. The van der Waals surface area contributed by atoms with Gasteiger partial charge in [0, 0.05) is 0 Å². The van der Waals surface area contributed by atoms with Gasteiger partial charge in [0.1, 0.15) is 6.10 Å². The van der Waals surface area contributed by atoms with E-state index < -0.39 is 12.2 Å². The standard InChI is InChI=1S/C11H14O2/c12-10(11(13)9-6-7-9)8-4-2-1-3-5-8/h1-5,9-13H,6-7H2/t10-,11+/m1/s1. The molecule has 2 rings (SSSR count). The van der Waals surface area contributed by atoms with Gasteiger partial charge in [0.2, 0.25) is 0 Å². The molecule has 0 amide bonds. The van der Waals surface area contributed by atoms with E-state index in [2.05, 4.69) is 0 Å². The predicted octanol–water partition coefficient (Wildman–Crippen LogP) is 1.49. The van der Waals surface area contributed by atoms with Gasteiger partial charge in [-0.2, -0.15) is 0 Å². The van der Waals surface area contributed by atoms with Gasteiger partial charge in [0.05, 0.1) is 6.10 Å². The molecule has 0 radical (unpaired) electrons. The Kier molecular flexibility index (Phi) is 2.34. The minimum atomic E-state index is -0.714. The summed E-state index contributed by atoms with van der Waals surface area (Å²) in [7, 11) is 0. The van der Waals surface area contributed by atoms with E-state index in [-0.39, 0.29) is 0 Å². The lowest BCUT2D eigenvalue weighted by molar-refractivity contribution is 0.00485. The molecule has 0 aromatic heterocycles. The van der Waals surface area contributed by atoms with Crippen LogP contribution in [0, 0.1) is 5.92 Å². The van der Waals surface area contributed by atoms with Crippen molar-refractivity contribution in [2.75, 3.05) is 0 Å². The minimum absolute atomic E-state index is 0.315. The lowest BCUT2D eigenvalue weighted by Crippen LogP contribution is -2.20. The summed E-state index contributed by atoms with van der Waals surface area (Å²) < 4.78 is 0. The van der Waals surface area contributed by atoms with Crippen LogP contribution in [0.4, 0.5) is 0 Å². The zero-order valence-electron chi connectivity index (χ0n) is 7.43. The van der Waals surface area contributed by atoms with Crippen molar-refractivity contribution in [3.05, 3.63) is 35.9 Å². The maximum atomic E-state index is 9.75. The number of rotatable bonds is 3. The summed E-state index contributed by atoms with van der Waals surface area (Å²) >= 11 is 0. The van der Waals surface area contributed by atoms with Crippen molar-refractivity contribution in [2.24, 2.45) is 5.92 Å². The first-order valence-electron chi connectivity index (χ1n) is 4.70. The third kappa shape index (κ3) is 1.90. The molecule has 13 heavy (non-hydrogen) atoms. The Morgan fingerprint density at radius 1 is 1.08 bits per heavy atom. The third-order valence-corrected chi connectivity index (χ3v) is 2.57. The summed E-state index contributed by atoms with van der Waals surface area (Å²) in [6.07, 6.45) is 0.798. The number of aliphatic hydroxyl groups is 2. The van der Waals surface area contributed by atoms with Gasteiger partial charge in [0.15, 0.2) is 0 Å². The Morgan fingerprint density at radius 3 is 2.23 bits per heavy atom. The zero-order valence-corrected chi connectivity index (χ0v) is 7.43. The Balaban J connectivity index is 2.07. The van der Waals surface area contributed by atoms with Crippen LogP contribution in [0.15, 0.2) is 30.3 Å². The molecule has 2 N–H and O–H groups in total. The molecule has 1 aromatic rings. The molecule has 1 aromatic carbocycles. The van der Waals surface area contributed by atoms with Crippen molar-refractivity contribution in [3.63, 3.8) is 0 Å². The average Bonchev–Trinajstić information content (AvgIpc) is 3.00. The van der Waals surface area contributed by atoms with Crippen LogP contribution < -0.4 is 0 Å². The highest BCUT2D eigenvalue weighted by molar-refractivity contribution is 5.18. The Labute approximate surface area is 77.8 Å². The highest BCUT2D eigenvalue weighted by Crippen LogP contribution is 2.37. The van der Waals surface area contributed by atoms with Gasteiger partial charge in [-0.15, -0.1) is 0 Å². The van der Waals surface area contributed by atoms with E-state index in [0.717, 1.165) is 18.4 Å². The first kappa shape index (κ1) is 8.73. The van der Waals surface area contributed by atoms with E-state index in [1.165, 1.54) is 0 Å². The lowest BCUT2D eigenvalue weighted by atomic mass is 10.0. The van der Waals surface area contributed by atoms with E-state index in [1.807, 2.05) is 30.3 Å². The quantitative estimate of drug-likeness (QED) is 0.736. The minimum Gasteiger partial charge on any atom is -0.390 e. The summed E-state index contributed by atoms with van der Waals surface area (Å²) in [5, 5.41) is 19.4. The van der Waals surface area contributed by atoms with Crippen LogP contribution >= 0.6 is 0 Å². The van der Waals surface area contributed by atoms with Crippen molar-refractivity contribution in [1.82, 2.24) is 0 Å². The molecular weight excluding hydrogens is 164 g/mol. The number of benzene rings is 1. The van der Waals surface area contributed by atoms with E-state index in [4.69, 9.17) is 0 Å². The normalized spacial score (nSPS) is 21.1. The van der Waals surface area contributed by atoms with Crippen LogP contribution in [0.5, 0.6) is 0 Å². The molecule has 2 nitrogen and oxygen atoms in total. The average molecular weight is 178 g/mol. The van der Waals surface area contributed by atoms with Crippen molar-refractivity contribution in [2.45, 2.75) is 25.0 Å². The summed E-state index contributed by atoms with van der Waals surface area (Å²) in [4.78, 5) is 0. The van der Waals surface area contributed by atoms with Crippen molar-refractivity contribution < 1.29 is 10.2 Å². The van der Waals surface area contributed by atoms with E-state index in [9.17, 15) is 10.2 Å². The Bertz CT molecular complexity index is 267. The highest BCUT2D eigenvalue weighted by atomic mass is 16.3. The number of hydrogen-bond donors (Lipinski definition) is 2. The summed E-state index contributed by atoms with van der Waals surface area (Å²) in [6, 6.07) is 9.34. The number of hydrogen-bond acceptors (Lipinski definition) is 2. The smallest absolute Gasteiger partial charge is 0.105 e. The fraction of sp³-hybridized carbons (Fsp3) is 0.455. The Hall–Kier alpha value is -0.860. The maximum Gasteiger partial charge on any atom is 0.105 e. The molecule has 0 saturated heterocycles. The monoisotopic (exact) mass is 178 g/mol. The fourth-order valence-corrected chi connectivity index (χ4v) is 1.54. The van der Waals surface area contributed by atoms with Gasteiger partial charge in [-0.25, -0.2) is 0 Å². The zero-order chi connectivity index (χ0) is 9.26. The second-order valence-corrected chi connectivity index (χ2v) is 3.68. The number of aliphatic hydroxyl groups excluding tert-OH is 2. The summed E-state index contributed by atoms with van der Waals surface area (Å²) in [5.41, 5.74) is 0.807. The molecule has 2 atom stereocenters. The molecule has 70 valence electrons. The van der Waals surface area contributed by atoms with Crippen molar-refractivity contribution >= 4 is 0 Å². The van der Waals surface area contributed by atoms with Crippen LogP contribution in [0.2, 0.25) is 0 Å². The van der Waals surface area contributed by atoms with Crippen LogP contribution in [0.1, 0.15) is 24.5 Å². The first-order chi connectivity index (χ1) is 6.29. The summed E-state index contributed by atoms with van der Waals surface area (Å²) in [5.74, 6) is 0.315. The van der Waals surface area contributed by atoms with Gasteiger partial charge < -0.3 is 10.2 Å². The predicted molar refractivity (Wildman–Crippen MR) is 50.1 cm³/mol. The molecule has 1 aliphatic rings. The molecule has 1 fully saturated rings. The molecule has 2 heteroatoms. The molecule has 0 aliphatic heterocycles. The van der Waals surface area contributed by atoms with Gasteiger partial charge in [-0.1, -0.05) is 30.3 Å². The van der Waals surface area contributed by atoms with Crippen LogP contribution in [-0.4, -0.2) is 16.3 Å². The molecule has 0 bridgehead atoms. The second kappa shape index (κ2) is 3.48. The lowest BCUT2D eigenvalue weighted by Gasteiger charge is -2.17. The SMILES string of the molecule is O[C@H](c1ccccc1)[C@@H](O)C1CC1. The van der Waals surface area contributed by atoms with Crippen LogP contribution in [-0.2, 0) is 0 Å². The third-order valence-electron chi connectivity index (χ3n) is 2.57. The maximum absolute atomic E-state index is 9.75. The van der Waals surface area contributed by atoms with E-state index >= 15 is 0 Å². The molecule has 0 unspecified atom stereocenters. The molecule has 0 spiro atoms. The van der Waals surface area contributed by atoms with E-state index in [1.54, 1.807) is 0 Å².